The van der Waals surface area contributed by atoms with Crippen molar-refractivity contribution in [2.45, 2.75) is 70.0 Å². The first-order valence-electron chi connectivity index (χ1n) is 10.7. The molecule has 0 radical (unpaired) electrons. The molecule has 1 aromatic carbocycles. The minimum Gasteiger partial charge on any atom is -0.357 e. The third kappa shape index (κ3) is 7.13. The number of benzene rings is 1. The van der Waals surface area contributed by atoms with Crippen molar-refractivity contribution >= 4 is 35.8 Å². The van der Waals surface area contributed by atoms with E-state index in [1.165, 1.54) is 18.4 Å². The summed E-state index contributed by atoms with van der Waals surface area (Å²) >= 11 is 0. The molecule has 1 aromatic rings. The molecule has 0 bridgehead atoms. The van der Waals surface area contributed by atoms with Gasteiger partial charge in [0.2, 0.25) is 5.91 Å². The Bertz CT molecular complexity index is 650. The molecular formula is C22H36IN5O. The molecule has 1 aliphatic heterocycles. The third-order valence-electron chi connectivity index (χ3n) is 5.87. The minimum absolute atomic E-state index is 0. The second kappa shape index (κ2) is 11.7. The molecule has 2 unspecified atom stereocenters. The second-order valence-corrected chi connectivity index (χ2v) is 8.14. The molecule has 6 nitrogen and oxygen atoms in total. The summed E-state index contributed by atoms with van der Waals surface area (Å²) in [6, 6.07) is 11.2. The van der Waals surface area contributed by atoms with Gasteiger partial charge >= 0.3 is 0 Å². The fourth-order valence-electron chi connectivity index (χ4n) is 4.28. The maximum absolute atomic E-state index is 11.4. The van der Waals surface area contributed by atoms with Gasteiger partial charge in [0.15, 0.2) is 5.96 Å². The maximum atomic E-state index is 11.4. The van der Waals surface area contributed by atoms with E-state index in [2.05, 4.69) is 65.4 Å². The van der Waals surface area contributed by atoms with E-state index in [0.29, 0.717) is 19.0 Å². The number of piperidine rings is 1. The zero-order chi connectivity index (χ0) is 19.8. The van der Waals surface area contributed by atoms with Gasteiger partial charge in [0.05, 0.1) is 6.54 Å². The Morgan fingerprint density at radius 2 is 2.00 bits per heavy atom. The van der Waals surface area contributed by atoms with Crippen molar-refractivity contribution < 1.29 is 4.79 Å². The first-order valence-corrected chi connectivity index (χ1v) is 10.7. The van der Waals surface area contributed by atoms with Crippen molar-refractivity contribution in [2.24, 2.45) is 4.99 Å². The van der Waals surface area contributed by atoms with Gasteiger partial charge in [0.1, 0.15) is 0 Å². The number of amides is 1. The van der Waals surface area contributed by atoms with Crippen LogP contribution in [0.2, 0.25) is 0 Å². The van der Waals surface area contributed by atoms with Gasteiger partial charge in [-0.05, 0) is 38.7 Å². The summed E-state index contributed by atoms with van der Waals surface area (Å²) in [5.74, 6) is 0.994. The molecule has 0 spiro atoms. The highest BCUT2D eigenvalue weighted by molar-refractivity contribution is 14.0. The van der Waals surface area contributed by atoms with Crippen molar-refractivity contribution in [3.63, 3.8) is 0 Å². The van der Waals surface area contributed by atoms with E-state index >= 15 is 0 Å². The van der Waals surface area contributed by atoms with Crippen molar-refractivity contribution in [1.29, 1.82) is 0 Å². The van der Waals surface area contributed by atoms with Crippen LogP contribution in [0.4, 0.5) is 0 Å². The number of nitrogens with zero attached hydrogens (tertiary/aromatic N) is 1. The normalized spacial score (nSPS) is 22.3. The van der Waals surface area contributed by atoms with E-state index in [1.54, 1.807) is 0 Å². The molecule has 4 N–H and O–H groups in total. The van der Waals surface area contributed by atoms with Gasteiger partial charge in [-0.1, -0.05) is 43.2 Å². The average Bonchev–Trinajstić information content (AvgIpc) is 3.17. The lowest BCUT2D eigenvalue weighted by molar-refractivity contribution is -0.122. The topological polar surface area (TPSA) is 77.6 Å². The molecule has 1 heterocycles. The van der Waals surface area contributed by atoms with E-state index in [4.69, 9.17) is 4.99 Å². The van der Waals surface area contributed by atoms with Crippen LogP contribution < -0.4 is 21.3 Å². The van der Waals surface area contributed by atoms with Crippen LogP contribution in [0.1, 0.15) is 64.0 Å². The van der Waals surface area contributed by atoms with Gasteiger partial charge in [-0.2, -0.15) is 0 Å². The van der Waals surface area contributed by atoms with Gasteiger partial charge < -0.3 is 21.3 Å². The third-order valence-corrected chi connectivity index (χ3v) is 5.87. The van der Waals surface area contributed by atoms with E-state index in [1.807, 2.05) is 0 Å². The summed E-state index contributed by atoms with van der Waals surface area (Å²) in [6.07, 6.45) is 6.26. The van der Waals surface area contributed by atoms with Crippen LogP contribution in [-0.2, 0) is 4.79 Å². The summed E-state index contributed by atoms with van der Waals surface area (Å²) < 4.78 is 0. The predicted octanol–water partition coefficient (Wildman–Crippen LogP) is 3.10. The molecule has 1 aliphatic carbocycles. The van der Waals surface area contributed by atoms with Crippen molar-refractivity contribution in [1.82, 2.24) is 21.3 Å². The van der Waals surface area contributed by atoms with Crippen molar-refractivity contribution in [3.05, 3.63) is 35.9 Å². The largest absolute Gasteiger partial charge is 0.357 e. The number of guanidine groups is 1. The second-order valence-electron chi connectivity index (χ2n) is 8.14. The maximum Gasteiger partial charge on any atom is 0.220 e. The van der Waals surface area contributed by atoms with E-state index in [0.717, 1.165) is 38.3 Å². The molecule has 3 rings (SSSR count). The number of halogens is 1. The van der Waals surface area contributed by atoms with Crippen molar-refractivity contribution in [2.75, 3.05) is 19.6 Å². The van der Waals surface area contributed by atoms with Crippen LogP contribution in [0.25, 0.3) is 0 Å². The zero-order valence-electron chi connectivity index (χ0n) is 17.7. The molecular weight excluding hydrogens is 477 g/mol. The minimum atomic E-state index is 0. The standard InChI is InChI=1S/C22H35N5O.HI/c1-3-23-21(26-19-11-12-20(28)24-15-19)25-16-22(13-7-8-14-22)27-17(2)18-9-5-4-6-10-18;/h4-6,9-10,17,19,27H,3,7-8,11-16H2,1-2H3,(H,24,28)(H2,23,25,26);1H. The zero-order valence-corrected chi connectivity index (χ0v) is 20.0. The summed E-state index contributed by atoms with van der Waals surface area (Å²) in [5.41, 5.74) is 1.37. The highest BCUT2D eigenvalue weighted by atomic mass is 127. The summed E-state index contributed by atoms with van der Waals surface area (Å²) in [4.78, 5) is 16.3. The van der Waals surface area contributed by atoms with E-state index in [-0.39, 0.29) is 41.5 Å². The highest BCUT2D eigenvalue weighted by Crippen LogP contribution is 2.32. The summed E-state index contributed by atoms with van der Waals surface area (Å²) in [6.45, 7) is 6.58. The Balaban J connectivity index is 0.00000300. The van der Waals surface area contributed by atoms with Gasteiger partial charge in [0.25, 0.3) is 0 Å². The lowest BCUT2D eigenvalue weighted by Gasteiger charge is -2.33. The molecule has 2 aliphatic rings. The Hall–Kier alpha value is -1.35. The molecule has 1 saturated heterocycles. The quantitative estimate of drug-likeness (QED) is 0.257. The Labute approximate surface area is 192 Å². The van der Waals surface area contributed by atoms with Gasteiger partial charge in [0, 0.05) is 37.1 Å². The lowest BCUT2D eigenvalue weighted by atomic mass is 9.95. The smallest absolute Gasteiger partial charge is 0.220 e. The first-order chi connectivity index (χ1) is 13.6. The molecule has 7 heteroatoms. The molecule has 0 aromatic heterocycles. The Morgan fingerprint density at radius 1 is 1.28 bits per heavy atom. The number of carbonyl (C=O) groups excluding carboxylic acids is 1. The van der Waals surface area contributed by atoms with E-state index < -0.39 is 0 Å². The number of carbonyl (C=O) groups is 1. The molecule has 162 valence electrons. The molecule has 1 amide bonds. The monoisotopic (exact) mass is 513 g/mol. The Morgan fingerprint density at radius 3 is 2.62 bits per heavy atom. The predicted molar refractivity (Wildman–Crippen MR) is 130 cm³/mol. The molecule has 1 saturated carbocycles. The van der Waals surface area contributed by atoms with Crippen LogP contribution >= 0.6 is 24.0 Å². The van der Waals surface area contributed by atoms with Crippen LogP contribution in [0.5, 0.6) is 0 Å². The SMILES string of the molecule is CCNC(=NCC1(NC(C)c2ccccc2)CCCC1)NC1CCC(=O)NC1.I. The van der Waals surface area contributed by atoms with Crippen LogP contribution in [0, 0.1) is 0 Å². The highest BCUT2D eigenvalue weighted by Gasteiger charge is 2.35. The molecule has 2 fully saturated rings. The number of aliphatic imine (C=N–C) groups is 1. The average molecular weight is 513 g/mol. The van der Waals surface area contributed by atoms with Gasteiger partial charge in [-0.25, -0.2) is 0 Å². The fraction of sp³-hybridized carbons (Fsp3) is 0.636. The number of nitrogens with one attached hydrogen (secondary N) is 4. The molecule has 2 atom stereocenters. The lowest BCUT2D eigenvalue weighted by Crippen LogP contribution is -2.52. The summed E-state index contributed by atoms with van der Waals surface area (Å²) in [5, 5.41) is 13.7. The van der Waals surface area contributed by atoms with E-state index in [9.17, 15) is 4.79 Å². The Kier molecular flexibility index (Phi) is 9.68. The number of hydrogen-bond acceptors (Lipinski definition) is 3. The van der Waals surface area contributed by atoms with Crippen molar-refractivity contribution in [3.8, 4) is 0 Å². The van der Waals surface area contributed by atoms with Gasteiger partial charge in [-0.3, -0.25) is 9.79 Å². The first kappa shape index (κ1) is 23.9. The van der Waals surface area contributed by atoms with Crippen LogP contribution in [0.15, 0.2) is 35.3 Å². The number of rotatable bonds is 7. The summed E-state index contributed by atoms with van der Waals surface area (Å²) in [7, 11) is 0. The van der Waals surface area contributed by atoms with Crippen LogP contribution in [-0.4, -0.2) is 43.1 Å². The number of hydrogen-bond donors (Lipinski definition) is 4. The fourth-order valence-corrected chi connectivity index (χ4v) is 4.28. The molecule has 29 heavy (non-hydrogen) atoms. The van der Waals surface area contributed by atoms with Crippen LogP contribution in [0.3, 0.4) is 0 Å². The van der Waals surface area contributed by atoms with Gasteiger partial charge in [-0.15, -0.1) is 24.0 Å².